The molecule has 0 bridgehead atoms. The Morgan fingerprint density at radius 3 is 1.88 bits per heavy atom. The van der Waals surface area contributed by atoms with Gasteiger partial charge in [-0.05, 0) is 77.1 Å². The van der Waals surface area contributed by atoms with Crippen molar-refractivity contribution >= 4 is 49.2 Å². The standard InChI is InChI=1S/C29H31BrNO8PS2/c1-19(2)38-40(33,39-20(3)4)29(31-42(36,37)24-16-12-22(30)13-17-24)18-27(28(32)25-8-6-7-9-26(25)29)41(34,35)23-14-10-21(5)11-15-23/h6-20,31H,1-5H3. The monoisotopic (exact) mass is 695 g/mol. The lowest BCUT2D eigenvalue weighted by molar-refractivity contribution is 0.103. The Labute approximate surface area is 255 Å². The number of nitrogens with one attached hydrogen (secondary N) is 1. The highest BCUT2D eigenvalue weighted by Gasteiger charge is 2.59. The third-order valence-electron chi connectivity index (χ3n) is 6.31. The fraction of sp³-hybridized carbons (Fsp3) is 0.276. The van der Waals surface area contributed by atoms with Gasteiger partial charge in [0.15, 0.2) is 5.28 Å². The zero-order valence-electron chi connectivity index (χ0n) is 23.6. The Morgan fingerprint density at radius 1 is 0.810 bits per heavy atom. The number of allylic oxidation sites excluding steroid dienone is 1. The molecule has 1 unspecified atom stereocenters. The van der Waals surface area contributed by atoms with E-state index in [4.69, 9.17) is 9.05 Å². The highest BCUT2D eigenvalue weighted by Crippen LogP contribution is 2.68. The molecule has 224 valence electrons. The van der Waals surface area contributed by atoms with Crippen molar-refractivity contribution in [3.8, 4) is 0 Å². The summed E-state index contributed by atoms with van der Waals surface area (Å²) >= 11 is 3.28. The average Bonchev–Trinajstić information content (AvgIpc) is 2.89. The van der Waals surface area contributed by atoms with Crippen LogP contribution in [-0.4, -0.2) is 34.8 Å². The largest absolute Gasteiger partial charge is 0.360 e. The van der Waals surface area contributed by atoms with Crippen LogP contribution in [0.25, 0.3) is 0 Å². The van der Waals surface area contributed by atoms with Crippen molar-refractivity contribution in [1.82, 2.24) is 4.72 Å². The molecule has 42 heavy (non-hydrogen) atoms. The van der Waals surface area contributed by atoms with E-state index >= 15 is 4.57 Å². The topological polar surface area (TPSA) is 133 Å². The summed E-state index contributed by atoms with van der Waals surface area (Å²) in [7, 11) is -13.8. The fourth-order valence-corrected chi connectivity index (χ4v) is 10.6. The first-order valence-corrected chi connectivity index (χ1v) is 18.3. The van der Waals surface area contributed by atoms with E-state index in [1.54, 1.807) is 46.8 Å². The highest BCUT2D eigenvalue weighted by molar-refractivity contribution is 9.10. The van der Waals surface area contributed by atoms with Gasteiger partial charge in [-0.1, -0.05) is 57.9 Å². The molecule has 0 amide bonds. The van der Waals surface area contributed by atoms with Gasteiger partial charge in [-0.25, -0.2) is 16.8 Å². The molecule has 3 aromatic carbocycles. The Bertz CT molecular complexity index is 1790. The lowest BCUT2D eigenvalue weighted by atomic mass is 9.92. The van der Waals surface area contributed by atoms with Gasteiger partial charge in [0, 0.05) is 15.6 Å². The molecular weight excluding hydrogens is 665 g/mol. The van der Waals surface area contributed by atoms with E-state index in [1.165, 1.54) is 60.7 Å². The van der Waals surface area contributed by atoms with Crippen LogP contribution in [-0.2, 0) is 38.8 Å². The molecule has 0 spiro atoms. The number of fused-ring (bicyclic) bond motifs is 1. The molecule has 0 saturated carbocycles. The van der Waals surface area contributed by atoms with Crippen LogP contribution in [0.15, 0.2) is 98.0 Å². The molecule has 4 rings (SSSR count). The van der Waals surface area contributed by atoms with Gasteiger partial charge < -0.3 is 9.05 Å². The van der Waals surface area contributed by atoms with E-state index in [0.717, 1.165) is 11.6 Å². The molecule has 1 N–H and O–H groups in total. The Kier molecular flexibility index (Phi) is 9.21. The van der Waals surface area contributed by atoms with Crippen molar-refractivity contribution in [3.63, 3.8) is 0 Å². The minimum atomic E-state index is -4.72. The quantitative estimate of drug-likeness (QED) is 0.238. The van der Waals surface area contributed by atoms with Crippen molar-refractivity contribution in [2.75, 3.05) is 0 Å². The van der Waals surface area contributed by atoms with Crippen molar-refractivity contribution in [3.05, 3.63) is 105 Å². The molecule has 0 heterocycles. The number of sulfone groups is 1. The van der Waals surface area contributed by atoms with E-state index in [0.29, 0.717) is 4.47 Å². The molecule has 0 saturated heterocycles. The molecule has 0 fully saturated rings. The number of rotatable bonds is 10. The zero-order chi connectivity index (χ0) is 31.1. The maximum atomic E-state index is 15.1. The average molecular weight is 697 g/mol. The SMILES string of the molecule is Cc1ccc(S(=O)(=O)C2=CC(NS(=O)(=O)c3ccc(Br)cc3)(P(=O)(OC(C)C)OC(C)C)c3ccccc3C2=O)cc1. The van der Waals surface area contributed by atoms with E-state index in [-0.39, 0.29) is 20.9 Å². The Balaban J connectivity index is 2.13. The number of hydrogen-bond acceptors (Lipinski definition) is 8. The molecule has 0 radical (unpaired) electrons. The predicted octanol–water partition coefficient (Wildman–Crippen LogP) is 6.49. The molecular formula is C29H31BrNO8PS2. The number of sulfonamides is 1. The highest BCUT2D eigenvalue weighted by atomic mass is 79.9. The number of carbonyl (C=O) groups excluding carboxylic acids is 1. The second-order valence-corrected chi connectivity index (χ2v) is 17.0. The van der Waals surface area contributed by atoms with Crippen LogP contribution in [0.5, 0.6) is 0 Å². The molecule has 1 aliphatic rings. The van der Waals surface area contributed by atoms with Gasteiger partial charge in [0.25, 0.3) is 0 Å². The molecule has 3 aromatic rings. The minimum absolute atomic E-state index is 0.0665. The molecule has 0 aliphatic heterocycles. The summed E-state index contributed by atoms with van der Waals surface area (Å²) in [6.07, 6.45) is -0.618. The number of halogens is 1. The molecule has 13 heteroatoms. The van der Waals surface area contributed by atoms with Gasteiger partial charge >= 0.3 is 7.60 Å². The third-order valence-corrected chi connectivity index (χ3v) is 13.0. The number of hydrogen-bond donors (Lipinski definition) is 1. The summed E-state index contributed by atoms with van der Waals surface area (Å²) in [5, 5.41) is -2.45. The number of carbonyl (C=O) groups is 1. The van der Waals surface area contributed by atoms with Gasteiger partial charge in [0.1, 0.15) is 4.91 Å². The van der Waals surface area contributed by atoms with Gasteiger partial charge in [-0.2, -0.15) is 4.72 Å². The van der Waals surface area contributed by atoms with Crippen LogP contribution >= 0.6 is 23.5 Å². The zero-order valence-corrected chi connectivity index (χ0v) is 27.7. The van der Waals surface area contributed by atoms with Crippen LogP contribution in [0, 0.1) is 6.92 Å². The Morgan fingerprint density at radius 2 is 1.33 bits per heavy atom. The van der Waals surface area contributed by atoms with Crippen molar-refractivity contribution < 1.29 is 35.2 Å². The number of aryl methyl sites for hydroxylation is 1. The van der Waals surface area contributed by atoms with Gasteiger partial charge in [-0.3, -0.25) is 9.36 Å². The van der Waals surface area contributed by atoms with Crippen LogP contribution < -0.4 is 4.72 Å². The summed E-state index contributed by atoms with van der Waals surface area (Å²) < 4.78 is 86.0. The number of Topliss-reactive ketones (excluding diaryl/α,β-unsaturated/α-hetero) is 1. The molecule has 1 aliphatic carbocycles. The Hall–Kier alpha value is -2.44. The van der Waals surface area contributed by atoms with Crippen LogP contribution in [0.2, 0.25) is 0 Å². The lowest BCUT2D eigenvalue weighted by Crippen LogP contribution is -2.49. The number of benzene rings is 3. The fourth-order valence-electron chi connectivity index (χ4n) is 4.51. The second-order valence-electron chi connectivity index (χ2n) is 10.3. The van der Waals surface area contributed by atoms with Gasteiger partial charge in [0.2, 0.25) is 25.6 Å². The lowest BCUT2D eigenvalue weighted by Gasteiger charge is -2.42. The maximum absolute atomic E-state index is 15.1. The van der Waals surface area contributed by atoms with E-state index < -0.39 is 55.6 Å². The van der Waals surface area contributed by atoms with Crippen molar-refractivity contribution in [1.29, 1.82) is 0 Å². The molecule has 0 aromatic heterocycles. The normalized spacial score (nSPS) is 17.8. The smallest absolute Gasteiger partial charge is 0.304 e. The van der Waals surface area contributed by atoms with Crippen LogP contribution in [0.4, 0.5) is 0 Å². The van der Waals surface area contributed by atoms with Crippen LogP contribution in [0.3, 0.4) is 0 Å². The van der Waals surface area contributed by atoms with Gasteiger partial charge in [0.05, 0.1) is 22.0 Å². The first kappa shape index (κ1) is 32.5. The minimum Gasteiger partial charge on any atom is -0.304 e. The van der Waals surface area contributed by atoms with Gasteiger partial charge in [-0.15, -0.1) is 0 Å². The molecule has 1 atom stereocenters. The first-order valence-electron chi connectivity index (χ1n) is 13.0. The third kappa shape index (κ3) is 6.12. The number of ketones is 1. The summed E-state index contributed by atoms with van der Waals surface area (Å²) in [6.45, 7) is 8.12. The predicted molar refractivity (Wildman–Crippen MR) is 163 cm³/mol. The van der Waals surface area contributed by atoms with E-state index in [2.05, 4.69) is 20.7 Å². The van der Waals surface area contributed by atoms with E-state index in [9.17, 15) is 21.6 Å². The molecule has 9 nitrogen and oxygen atoms in total. The van der Waals surface area contributed by atoms with Crippen molar-refractivity contribution in [2.24, 2.45) is 0 Å². The van der Waals surface area contributed by atoms with Crippen LogP contribution in [0.1, 0.15) is 49.2 Å². The summed E-state index contributed by atoms with van der Waals surface area (Å²) in [5.41, 5.74) is 0.562. The summed E-state index contributed by atoms with van der Waals surface area (Å²) in [5.74, 6) is -0.884. The maximum Gasteiger partial charge on any atom is 0.360 e. The van der Waals surface area contributed by atoms with E-state index in [1.807, 2.05) is 0 Å². The summed E-state index contributed by atoms with van der Waals surface area (Å²) in [6, 6.07) is 17.3. The first-order chi connectivity index (χ1) is 19.5. The summed E-state index contributed by atoms with van der Waals surface area (Å²) in [4.78, 5) is 12.7. The second kappa shape index (κ2) is 11.9. The van der Waals surface area contributed by atoms with Crippen molar-refractivity contribution in [2.45, 2.75) is 61.9 Å².